The number of halogens is 1. The van der Waals surface area contributed by atoms with Crippen LogP contribution in [0.4, 0.5) is 30.6 Å². The highest BCUT2D eigenvalue weighted by Gasteiger charge is 2.48. The molecule has 4 aliphatic rings. The molecule has 4 saturated heterocycles. The molecule has 2 aromatic carbocycles. The van der Waals surface area contributed by atoms with Gasteiger partial charge in [0.1, 0.15) is 54.6 Å². The number of nitrogens with zero attached hydrogens (tertiary/aromatic N) is 6. The Balaban J connectivity index is 0.000000384. The summed E-state index contributed by atoms with van der Waals surface area (Å²) < 4.78 is 32.2. The molecule has 0 bridgehead atoms. The van der Waals surface area contributed by atoms with E-state index >= 15 is 0 Å². The Morgan fingerprint density at radius 3 is 1.34 bits per heavy atom. The molecule has 4 fully saturated rings. The van der Waals surface area contributed by atoms with Gasteiger partial charge in [0, 0.05) is 63.4 Å². The van der Waals surface area contributed by atoms with E-state index in [0.29, 0.717) is 45.8 Å². The lowest BCUT2D eigenvalue weighted by molar-refractivity contribution is -0.152. The number of ether oxygens (including phenoxy) is 6. The van der Waals surface area contributed by atoms with Crippen molar-refractivity contribution in [1.29, 1.82) is 0 Å². The zero-order chi connectivity index (χ0) is 55.8. The molecule has 0 saturated carbocycles. The van der Waals surface area contributed by atoms with E-state index in [-0.39, 0.29) is 117 Å². The summed E-state index contributed by atoms with van der Waals surface area (Å²) in [6.07, 6.45) is -1.64. The van der Waals surface area contributed by atoms with Crippen LogP contribution >= 0.6 is 15.9 Å². The van der Waals surface area contributed by atoms with Gasteiger partial charge in [-0.3, -0.25) is 33.8 Å². The van der Waals surface area contributed by atoms with E-state index < -0.39 is 64.7 Å². The Morgan fingerprint density at radius 1 is 0.605 bits per heavy atom. The number of urea groups is 2. The first-order valence-corrected chi connectivity index (χ1v) is 26.1. The number of hydrogen-bond donors (Lipinski definition) is 2. The molecule has 0 spiro atoms. The summed E-state index contributed by atoms with van der Waals surface area (Å²) in [5, 5.41) is 18.9. The van der Waals surface area contributed by atoms with Crippen molar-refractivity contribution in [3.8, 4) is 11.5 Å². The average molecular weight is 1140 g/mol. The first-order valence-electron chi connectivity index (χ1n) is 24.5. The molecule has 10 amide bonds. The first kappa shape index (κ1) is 64.1. The number of anilines is 2. The van der Waals surface area contributed by atoms with Crippen molar-refractivity contribution in [3.63, 3.8) is 0 Å². The van der Waals surface area contributed by atoms with Crippen LogP contribution in [0.1, 0.15) is 94.9 Å². The number of carbonyl (C=O) groups excluding carboxylic acids is 9. The largest absolute Gasteiger partial charge is 0.491 e. The zero-order valence-corrected chi connectivity index (χ0v) is 45.8. The van der Waals surface area contributed by atoms with Gasteiger partial charge in [-0.15, -0.1) is 0 Å². The quantitative estimate of drug-likeness (QED) is 0.0996. The van der Waals surface area contributed by atoms with Gasteiger partial charge in [-0.2, -0.15) is 9.80 Å². The van der Waals surface area contributed by atoms with Crippen LogP contribution < -0.4 is 19.3 Å². The first-order chi connectivity index (χ1) is 35.3. The number of alkyl halides is 1. The smallest absolute Gasteiger partial charge is 0.424 e. The topological polar surface area (TPSA) is 269 Å². The van der Waals surface area contributed by atoms with Crippen LogP contribution in [0, 0.1) is 0 Å². The van der Waals surface area contributed by atoms with E-state index in [0.717, 1.165) is 0 Å². The number of piperidine rings is 2. The highest BCUT2D eigenvalue weighted by Crippen LogP contribution is 2.31. The van der Waals surface area contributed by atoms with Crippen LogP contribution in [0.3, 0.4) is 0 Å². The SMILES string of the molecule is C.CBr.CC(=O)COCCOc1ccc(N2CCN(C3CCC(=O)N(C(=O)OC(C)(C)C)C3=O)C2=O)cc1.CC(O)(CCO)COCCOc1ccc(N2CCN(C3CCC(=O)N(C(=O)OC(C)(C)C)C3=O)C2=O)cc1. The summed E-state index contributed by atoms with van der Waals surface area (Å²) in [6, 6.07) is 11.1. The molecular formula is C52H75BrN6O17. The summed E-state index contributed by atoms with van der Waals surface area (Å²) >= 11 is 2.94. The normalized spacial score (nSPS) is 18.8. The maximum absolute atomic E-state index is 13.2. The van der Waals surface area contributed by atoms with Crippen molar-refractivity contribution < 1.29 is 81.8 Å². The molecule has 4 aliphatic heterocycles. The maximum atomic E-state index is 13.2. The average Bonchev–Trinajstić information content (AvgIpc) is 3.90. The molecule has 422 valence electrons. The number of benzene rings is 2. The maximum Gasteiger partial charge on any atom is 0.424 e. The van der Waals surface area contributed by atoms with Gasteiger partial charge in [0.2, 0.25) is 11.8 Å². The van der Waals surface area contributed by atoms with Crippen molar-refractivity contribution in [1.82, 2.24) is 19.6 Å². The van der Waals surface area contributed by atoms with Crippen molar-refractivity contribution in [2.45, 2.75) is 124 Å². The fourth-order valence-electron chi connectivity index (χ4n) is 7.98. The van der Waals surface area contributed by atoms with E-state index in [1.165, 1.54) is 26.5 Å². The van der Waals surface area contributed by atoms with Crippen molar-refractivity contribution in [2.75, 3.05) is 88.1 Å². The lowest BCUT2D eigenvalue weighted by Gasteiger charge is -2.34. The summed E-state index contributed by atoms with van der Waals surface area (Å²) in [5.74, 6) is 0.127. The number of aliphatic hydroxyl groups excluding tert-OH is 1. The highest BCUT2D eigenvalue weighted by atomic mass is 79.9. The van der Waals surface area contributed by atoms with Gasteiger partial charge in [0.25, 0.3) is 11.8 Å². The van der Waals surface area contributed by atoms with Gasteiger partial charge in [0.05, 0.1) is 25.4 Å². The van der Waals surface area contributed by atoms with E-state index in [1.54, 1.807) is 97.0 Å². The number of hydrogen-bond acceptors (Lipinski definition) is 17. The predicted molar refractivity (Wildman–Crippen MR) is 281 cm³/mol. The van der Waals surface area contributed by atoms with Crippen molar-refractivity contribution >= 4 is 81.0 Å². The minimum atomic E-state index is -1.10. The summed E-state index contributed by atoms with van der Waals surface area (Å²) in [5.41, 5.74) is -1.61. The van der Waals surface area contributed by atoms with E-state index in [2.05, 4.69) is 15.9 Å². The number of likely N-dealkylation sites (tertiary alicyclic amines) is 2. The fraction of sp³-hybridized carbons (Fsp3) is 0.596. The number of Topliss-reactive ketones (excluding diaryl/α,β-unsaturated/α-hetero) is 1. The Kier molecular flexibility index (Phi) is 24.3. The molecule has 3 unspecified atom stereocenters. The number of rotatable bonds is 18. The zero-order valence-electron chi connectivity index (χ0n) is 44.2. The molecule has 0 aliphatic carbocycles. The molecule has 2 aromatic rings. The van der Waals surface area contributed by atoms with Crippen molar-refractivity contribution in [3.05, 3.63) is 48.5 Å². The third kappa shape index (κ3) is 18.2. The monoisotopic (exact) mass is 1130 g/mol. The lowest BCUT2D eigenvalue weighted by atomic mass is 10.0. The van der Waals surface area contributed by atoms with E-state index in [9.17, 15) is 48.3 Å². The van der Waals surface area contributed by atoms with Gasteiger partial charge in [-0.25, -0.2) is 19.2 Å². The summed E-state index contributed by atoms with van der Waals surface area (Å²) in [6.45, 7) is 15.2. The molecule has 23 nitrogen and oxygen atoms in total. The van der Waals surface area contributed by atoms with Gasteiger partial charge >= 0.3 is 24.2 Å². The molecule has 76 heavy (non-hydrogen) atoms. The number of aliphatic hydroxyl groups is 2. The molecule has 24 heteroatoms. The number of imide groups is 6. The third-order valence-corrected chi connectivity index (χ3v) is 11.4. The second-order valence-electron chi connectivity index (χ2n) is 19.9. The summed E-state index contributed by atoms with van der Waals surface area (Å²) in [4.78, 5) is 120. The van der Waals surface area contributed by atoms with Crippen LogP contribution in [0.15, 0.2) is 48.5 Å². The van der Waals surface area contributed by atoms with Crippen LogP contribution in [-0.4, -0.2) is 191 Å². The van der Waals surface area contributed by atoms with Gasteiger partial charge in [-0.1, -0.05) is 23.4 Å². The standard InChI is InChI=1S/C26H37N3O9.C24H31N3O8.CH3Br.CH4/c1-25(2,3)38-24(34)29-21(31)10-9-20(22(29)32)28-13-12-27(23(28)33)18-5-7-19(8-6-18)37-16-15-36-17-26(4,35)11-14-30;1-16(28)15-33-13-14-34-18-7-5-17(6-8-18)25-11-12-26(22(25)31)19-9-10-20(29)27(21(19)30)23(32)35-24(2,3)4;1-2;/h5-8,20,30,35H,9-17H2,1-4H3;5-8,19H,9-15H2,1-4H3;1H3;1H4. The molecule has 6 rings (SSSR count). The second kappa shape index (κ2) is 28.8. The number of amides is 10. The van der Waals surface area contributed by atoms with Crippen LogP contribution in [0.25, 0.3) is 0 Å². The molecule has 2 N–H and O–H groups in total. The minimum absolute atomic E-state index is 0. The number of ketones is 1. The Labute approximate surface area is 452 Å². The molecule has 0 radical (unpaired) electrons. The van der Waals surface area contributed by atoms with Gasteiger partial charge in [-0.05, 0) is 123 Å². The molecular weight excluding hydrogens is 1060 g/mol. The van der Waals surface area contributed by atoms with Crippen LogP contribution in [0.5, 0.6) is 11.5 Å². The molecule has 0 aromatic heterocycles. The van der Waals surface area contributed by atoms with Crippen LogP contribution in [-0.2, 0) is 42.9 Å². The van der Waals surface area contributed by atoms with E-state index in [1.807, 2.05) is 5.83 Å². The Bertz CT molecular complexity index is 2340. The Morgan fingerprint density at radius 2 is 0.987 bits per heavy atom. The number of carbonyl (C=O) groups is 9. The lowest BCUT2D eigenvalue weighted by Crippen LogP contribution is -2.57. The summed E-state index contributed by atoms with van der Waals surface area (Å²) in [7, 11) is 0. The fourth-order valence-corrected chi connectivity index (χ4v) is 7.98. The predicted octanol–water partition coefficient (Wildman–Crippen LogP) is 5.92. The van der Waals surface area contributed by atoms with Gasteiger partial charge in [0.15, 0.2) is 5.78 Å². The minimum Gasteiger partial charge on any atom is -0.491 e. The van der Waals surface area contributed by atoms with Gasteiger partial charge < -0.3 is 48.4 Å². The second-order valence-corrected chi connectivity index (χ2v) is 19.9. The van der Waals surface area contributed by atoms with E-state index in [4.69, 9.17) is 33.5 Å². The molecule has 3 atom stereocenters. The van der Waals surface area contributed by atoms with Crippen LogP contribution in [0.2, 0.25) is 0 Å². The van der Waals surface area contributed by atoms with Crippen molar-refractivity contribution in [2.24, 2.45) is 0 Å². The third-order valence-electron chi connectivity index (χ3n) is 11.4. The highest BCUT2D eigenvalue weighted by molar-refractivity contribution is 9.08. The Hall–Kier alpha value is -6.21. The molecule has 4 heterocycles.